The molecule has 1 aliphatic rings. The molecule has 0 saturated carbocycles. The molecule has 0 aliphatic carbocycles. The number of nitrogens with one attached hydrogen (secondary N) is 1. The van der Waals surface area contributed by atoms with Crippen LogP contribution in [0.25, 0.3) is 0 Å². The summed E-state index contributed by atoms with van der Waals surface area (Å²) in [6.07, 6.45) is 2.82. The Labute approximate surface area is 64.4 Å². The maximum Gasteiger partial charge on any atom is -0.000161 e. The van der Waals surface area contributed by atoms with Gasteiger partial charge in [-0.25, -0.2) is 0 Å². The normalized spacial score (nSPS) is 28.9. The molecule has 1 atom stereocenters. The fraction of sp³-hybridized carbons (Fsp3) is 1.00. The summed E-state index contributed by atoms with van der Waals surface area (Å²) < 4.78 is 1.32. The van der Waals surface area contributed by atoms with Crippen molar-refractivity contribution >= 4 is 22.6 Å². The van der Waals surface area contributed by atoms with Gasteiger partial charge in [-0.3, -0.25) is 0 Å². The van der Waals surface area contributed by atoms with Gasteiger partial charge in [0.05, 0.1) is 0 Å². The summed E-state index contributed by atoms with van der Waals surface area (Å²) in [6.45, 7) is 2.52. The highest BCUT2D eigenvalue weighted by Gasteiger charge is 2.12. The van der Waals surface area contributed by atoms with Crippen LogP contribution in [0.3, 0.4) is 0 Å². The predicted molar refractivity (Wildman–Crippen MR) is 44.5 cm³/mol. The molecule has 1 nitrogen and oxygen atoms in total. The van der Waals surface area contributed by atoms with Crippen LogP contribution >= 0.6 is 22.6 Å². The Balaban J connectivity index is 2.06. The number of alkyl halides is 1. The van der Waals surface area contributed by atoms with Crippen LogP contribution in [0, 0.1) is 5.92 Å². The molecule has 1 rings (SSSR count). The summed E-state index contributed by atoms with van der Waals surface area (Å²) in [6, 6.07) is 0. The van der Waals surface area contributed by atoms with Gasteiger partial charge < -0.3 is 5.32 Å². The average Bonchev–Trinajstić information content (AvgIpc) is 2.19. The highest BCUT2D eigenvalue weighted by Crippen LogP contribution is 2.12. The molecule has 0 aromatic carbocycles. The van der Waals surface area contributed by atoms with Crippen molar-refractivity contribution in [2.75, 3.05) is 17.5 Å². The van der Waals surface area contributed by atoms with Crippen LogP contribution in [-0.2, 0) is 0 Å². The van der Waals surface area contributed by atoms with E-state index in [-0.39, 0.29) is 0 Å². The lowest BCUT2D eigenvalue weighted by Gasteiger charge is -2.01. The highest BCUT2D eigenvalue weighted by molar-refractivity contribution is 14.1. The van der Waals surface area contributed by atoms with E-state index >= 15 is 0 Å². The van der Waals surface area contributed by atoms with Crippen molar-refractivity contribution in [3.63, 3.8) is 0 Å². The first-order valence-electron chi connectivity index (χ1n) is 3.20. The zero-order chi connectivity index (χ0) is 5.82. The van der Waals surface area contributed by atoms with Crippen molar-refractivity contribution in [3.8, 4) is 0 Å². The zero-order valence-electron chi connectivity index (χ0n) is 4.99. The van der Waals surface area contributed by atoms with Crippen LogP contribution in [0.1, 0.15) is 12.8 Å². The summed E-state index contributed by atoms with van der Waals surface area (Å²) in [5.41, 5.74) is 0. The Morgan fingerprint density at radius 1 is 1.62 bits per heavy atom. The largest absolute Gasteiger partial charge is 0.316 e. The quantitative estimate of drug-likeness (QED) is 0.553. The van der Waals surface area contributed by atoms with Gasteiger partial charge in [-0.1, -0.05) is 22.6 Å². The van der Waals surface area contributed by atoms with Crippen molar-refractivity contribution in [2.45, 2.75) is 12.8 Å². The molecule has 1 fully saturated rings. The van der Waals surface area contributed by atoms with E-state index in [0.717, 1.165) is 5.92 Å². The molecule has 8 heavy (non-hydrogen) atoms. The second kappa shape index (κ2) is 3.67. The highest BCUT2D eigenvalue weighted by atomic mass is 127. The summed E-state index contributed by atoms with van der Waals surface area (Å²) in [5.74, 6) is 0.992. The molecule has 0 spiro atoms. The first-order valence-corrected chi connectivity index (χ1v) is 4.72. The summed E-state index contributed by atoms with van der Waals surface area (Å²) >= 11 is 2.45. The molecule has 1 saturated heterocycles. The first kappa shape index (κ1) is 6.81. The van der Waals surface area contributed by atoms with E-state index in [2.05, 4.69) is 27.9 Å². The van der Waals surface area contributed by atoms with E-state index in [9.17, 15) is 0 Å². The lowest BCUT2D eigenvalue weighted by atomic mass is 10.1. The van der Waals surface area contributed by atoms with Crippen molar-refractivity contribution in [1.82, 2.24) is 5.32 Å². The van der Waals surface area contributed by atoms with Gasteiger partial charge in [0.1, 0.15) is 0 Å². The molecule has 1 aliphatic heterocycles. The number of halogens is 1. The zero-order valence-corrected chi connectivity index (χ0v) is 7.15. The van der Waals surface area contributed by atoms with Crippen molar-refractivity contribution in [1.29, 1.82) is 0 Å². The van der Waals surface area contributed by atoms with Gasteiger partial charge >= 0.3 is 0 Å². The molecule has 1 N–H and O–H groups in total. The van der Waals surface area contributed by atoms with Crippen molar-refractivity contribution < 1.29 is 0 Å². The van der Waals surface area contributed by atoms with Crippen LogP contribution < -0.4 is 5.32 Å². The van der Waals surface area contributed by atoms with E-state index in [0.29, 0.717) is 0 Å². The molecule has 2 heteroatoms. The maximum absolute atomic E-state index is 3.35. The van der Waals surface area contributed by atoms with Gasteiger partial charge in [-0.15, -0.1) is 0 Å². The molecule has 48 valence electrons. The second-order valence-corrected chi connectivity index (χ2v) is 3.42. The monoisotopic (exact) mass is 225 g/mol. The van der Waals surface area contributed by atoms with Gasteiger partial charge in [0, 0.05) is 0 Å². The maximum atomic E-state index is 3.35. The van der Waals surface area contributed by atoms with Gasteiger partial charge in [-0.05, 0) is 36.3 Å². The molecule has 0 amide bonds. The van der Waals surface area contributed by atoms with E-state index < -0.39 is 0 Å². The summed E-state index contributed by atoms with van der Waals surface area (Å²) in [5, 5.41) is 3.35. The second-order valence-electron chi connectivity index (χ2n) is 2.34. The molecule has 1 heterocycles. The third kappa shape index (κ3) is 1.90. The molecule has 1 unspecified atom stereocenters. The van der Waals surface area contributed by atoms with Gasteiger partial charge in [0.2, 0.25) is 0 Å². The van der Waals surface area contributed by atoms with Crippen LogP contribution in [0.5, 0.6) is 0 Å². The third-order valence-electron chi connectivity index (χ3n) is 1.68. The first-order chi connectivity index (χ1) is 3.93. The minimum absolute atomic E-state index is 0.992. The Kier molecular flexibility index (Phi) is 3.12. The fourth-order valence-electron chi connectivity index (χ4n) is 1.12. The van der Waals surface area contributed by atoms with E-state index in [4.69, 9.17) is 0 Å². The van der Waals surface area contributed by atoms with Crippen molar-refractivity contribution in [2.24, 2.45) is 5.92 Å². The Morgan fingerprint density at radius 3 is 3.00 bits per heavy atom. The summed E-state index contributed by atoms with van der Waals surface area (Å²) in [4.78, 5) is 0. The summed E-state index contributed by atoms with van der Waals surface area (Å²) in [7, 11) is 0. The smallest absolute Gasteiger partial charge is 0.000161 e. The van der Waals surface area contributed by atoms with E-state index in [1.54, 1.807) is 0 Å². The SMILES string of the molecule is ICCC1CCNC1. The molecule has 0 aromatic rings. The molecular formula is C6H12IN. The Hall–Kier alpha value is 0.690. The molecule has 0 radical (unpaired) electrons. The average molecular weight is 225 g/mol. The van der Waals surface area contributed by atoms with Crippen molar-refractivity contribution in [3.05, 3.63) is 0 Å². The van der Waals surface area contributed by atoms with Crippen LogP contribution in [0.2, 0.25) is 0 Å². The van der Waals surface area contributed by atoms with E-state index in [1.165, 1.54) is 30.4 Å². The number of hydrogen-bond donors (Lipinski definition) is 1. The number of rotatable bonds is 2. The lowest BCUT2D eigenvalue weighted by molar-refractivity contribution is 0.572. The minimum Gasteiger partial charge on any atom is -0.316 e. The van der Waals surface area contributed by atoms with Crippen LogP contribution in [0.15, 0.2) is 0 Å². The number of hydrogen-bond acceptors (Lipinski definition) is 1. The molecule has 0 aromatic heterocycles. The van der Waals surface area contributed by atoms with Crippen LogP contribution in [0.4, 0.5) is 0 Å². The lowest BCUT2D eigenvalue weighted by Crippen LogP contribution is -2.08. The predicted octanol–water partition coefficient (Wildman–Crippen LogP) is 1.42. The van der Waals surface area contributed by atoms with Gasteiger partial charge in [-0.2, -0.15) is 0 Å². The van der Waals surface area contributed by atoms with Gasteiger partial charge in [0.15, 0.2) is 0 Å². The van der Waals surface area contributed by atoms with E-state index in [1.807, 2.05) is 0 Å². The Bertz CT molecular complexity index is 59.5. The Morgan fingerprint density at radius 2 is 2.50 bits per heavy atom. The topological polar surface area (TPSA) is 12.0 Å². The fourth-order valence-corrected chi connectivity index (χ4v) is 2.00. The standard InChI is InChI=1S/C6H12IN/c7-3-1-6-2-4-8-5-6/h6,8H,1-5H2. The van der Waals surface area contributed by atoms with Crippen LogP contribution in [-0.4, -0.2) is 17.5 Å². The third-order valence-corrected chi connectivity index (χ3v) is 2.30. The molecule has 0 bridgehead atoms. The van der Waals surface area contributed by atoms with Gasteiger partial charge in [0.25, 0.3) is 0 Å². The molecular weight excluding hydrogens is 213 g/mol. The minimum atomic E-state index is 0.992.